The number of carbonyl (C=O) groups is 1. The molecule has 1 aliphatic rings. The van der Waals surface area contributed by atoms with Crippen LogP contribution in [0, 0.1) is 17.6 Å². The fraction of sp³-hybridized carbons (Fsp3) is 0.294. The molecule has 1 aromatic carbocycles. The van der Waals surface area contributed by atoms with Crippen molar-refractivity contribution in [2.45, 2.75) is 5.92 Å². The second-order valence-electron chi connectivity index (χ2n) is 6.13. The topological polar surface area (TPSA) is 72.6 Å². The molecule has 0 unspecified atom stereocenters. The van der Waals surface area contributed by atoms with Crippen molar-refractivity contribution in [3.8, 4) is 0 Å². The predicted molar refractivity (Wildman–Crippen MR) is 87.6 cm³/mol. The number of hydrogen-bond donors (Lipinski definition) is 0. The summed E-state index contributed by atoms with van der Waals surface area (Å²) >= 11 is 0. The zero-order chi connectivity index (χ0) is 18.3. The summed E-state index contributed by atoms with van der Waals surface area (Å²) in [4.78, 5) is 14.1. The molecular formula is C17H15F2N5O2. The van der Waals surface area contributed by atoms with E-state index in [0.29, 0.717) is 24.6 Å². The van der Waals surface area contributed by atoms with Gasteiger partial charge >= 0.3 is 5.97 Å². The number of hydrogen-bond acceptors (Lipinski definition) is 6. The van der Waals surface area contributed by atoms with Crippen LogP contribution in [0.4, 0.5) is 14.6 Å². The molecule has 0 saturated carbocycles. The monoisotopic (exact) mass is 359 g/mol. The number of esters is 1. The third kappa shape index (κ3) is 2.75. The van der Waals surface area contributed by atoms with Gasteiger partial charge in [0.25, 0.3) is 0 Å². The quantitative estimate of drug-likeness (QED) is 0.664. The van der Waals surface area contributed by atoms with E-state index in [9.17, 15) is 13.6 Å². The highest BCUT2D eigenvalue weighted by atomic mass is 19.1. The number of carbonyl (C=O) groups excluding carboxylic acids is 1. The van der Waals surface area contributed by atoms with Gasteiger partial charge in [-0.1, -0.05) is 6.07 Å². The molecule has 1 fully saturated rings. The van der Waals surface area contributed by atoms with Crippen LogP contribution in [-0.2, 0) is 9.53 Å². The number of fused-ring (bicyclic) bond motifs is 1. The first kappa shape index (κ1) is 16.4. The molecule has 2 atom stereocenters. The zero-order valence-corrected chi connectivity index (χ0v) is 13.8. The molecule has 9 heteroatoms. The number of halogens is 2. The van der Waals surface area contributed by atoms with E-state index in [2.05, 4.69) is 15.3 Å². The van der Waals surface area contributed by atoms with Crippen LogP contribution in [0.25, 0.3) is 5.65 Å². The highest BCUT2D eigenvalue weighted by Gasteiger charge is 2.41. The molecule has 0 radical (unpaired) electrons. The Morgan fingerprint density at radius 1 is 1.23 bits per heavy atom. The third-order valence-corrected chi connectivity index (χ3v) is 4.66. The normalized spacial score (nSPS) is 19.9. The molecule has 4 rings (SSSR count). The highest BCUT2D eigenvalue weighted by Crippen LogP contribution is 2.36. The van der Waals surface area contributed by atoms with Crippen LogP contribution in [0.1, 0.15) is 11.5 Å². The van der Waals surface area contributed by atoms with Gasteiger partial charge in [-0.3, -0.25) is 4.79 Å². The Balaban J connectivity index is 1.69. The van der Waals surface area contributed by atoms with Crippen molar-refractivity contribution < 1.29 is 18.3 Å². The molecule has 2 aromatic heterocycles. The molecule has 134 valence electrons. The average molecular weight is 359 g/mol. The molecule has 3 aromatic rings. The van der Waals surface area contributed by atoms with Crippen LogP contribution < -0.4 is 4.90 Å². The van der Waals surface area contributed by atoms with Gasteiger partial charge in [-0.15, -0.1) is 15.3 Å². The lowest BCUT2D eigenvalue weighted by atomic mass is 9.88. The van der Waals surface area contributed by atoms with Crippen LogP contribution in [0.3, 0.4) is 0 Å². The Morgan fingerprint density at radius 3 is 2.85 bits per heavy atom. The number of benzene rings is 1. The first-order valence-electron chi connectivity index (χ1n) is 8.01. The lowest BCUT2D eigenvalue weighted by molar-refractivity contribution is -0.145. The molecule has 1 saturated heterocycles. The SMILES string of the molecule is COC(=O)[C@@H]1CN(c2ccc3nncn3n2)C[C@@H]1c1ccc(F)cc1F. The summed E-state index contributed by atoms with van der Waals surface area (Å²) < 4.78 is 33.9. The molecular weight excluding hydrogens is 344 g/mol. The van der Waals surface area contributed by atoms with E-state index in [1.54, 1.807) is 12.1 Å². The minimum atomic E-state index is -0.673. The van der Waals surface area contributed by atoms with E-state index in [1.165, 1.54) is 30.1 Å². The Morgan fingerprint density at radius 2 is 2.08 bits per heavy atom. The van der Waals surface area contributed by atoms with Gasteiger partial charge in [0.1, 0.15) is 23.8 Å². The van der Waals surface area contributed by atoms with Gasteiger partial charge in [-0.2, -0.15) is 4.52 Å². The summed E-state index contributed by atoms with van der Waals surface area (Å²) in [5.41, 5.74) is 0.883. The van der Waals surface area contributed by atoms with Crippen LogP contribution in [-0.4, -0.2) is 46.0 Å². The van der Waals surface area contributed by atoms with Crippen LogP contribution >= 0.6 is 0 Å². The van der Waals surface area contributed by atoms with Crippen LogP contribution in [0.15, 0.2) is 36.7 Å². The lowest BCUT2D eigenvalue weighted by Gasteiger charge is -2.17. The second-order valence-corrected chi connectivity index (χ2v) is 6.13. The van der Waals surface area contributed by atoms with E-state index in [0.717, 1.165) is 6.07 Å². The van der Waals surface area contributed by atoms with Crippen molar-refractivity contribution in [3.63, 3.8) is 0 Å². The number of aromatic nitrogens is 4. The van der Waals surface area contributed by atoms with Crippen molar-refractivity contribution in [3.05, 3.63) is 53.9 Å². The second kappa shape index (κ2) is 6.32. The predicted octanol–water partition coefficient (Wildman–Crippen LogP) is 1.80. The number of anilines is 1. The number of nitrogens with zero attached hydrogens (tertiary/aromatic N) is 5. The molecule has 0 N–H and O–H groups in total. The molecule has 26 heavy (non-hydrogen) atoms. The third-order valence-electron chi connectivity index (χ3n) is 4.66. The Kier molecular flexibility index (Phi) is 3.98. The minimum Gasteiger partial charge on any atom is -0.469 e. The number of methoxy groups -OCH3 is 1. The average Bonchev–Trinajstić information content (AvgIpc) is 3.27. The Labute approximate surface area is 147 Å². The summed E-state index contributed by atoms with van der Waals surface area (Å²) in [6, 6.07) is 6.92. The van der Waals surface area contributed by atoms with Gasteiger partial charge in [0.15, 0.2) is 5.65 Å². The number of ether oxygens (including phenoxy) is 1. The van der Waals surface area contributed by atoms with E-state index >= 15 is 0 Å². The minimum absolute atomic E-state index is 0.287. The maximum Gasteiger partial charge on any atom is 0.311 e. The van der Waals surface area contributed by atoms with Gasteiger partial charge in [-0.25, -0.2) is 8.78 Å². The first-order valence-corrected chi connectivity index (χ1v) is 8.01. The van der Waals surface area contributed by atoms with E-state index in [-0.39, 0.29) is 5.56 Å². The largest absolute Gasteiger partial charge is 0.469 e. The molecule has 0 spiro atoms. The van der Waals surface area contributed by atoms with Crippen LogP contribution in [0.2, 0.25) is 0 Å². The zero-order valence-electron chi connectivity index (χ0n) is 13.8. The molecule has 7 nitrogen and oxygen atoms in total. The molecule has 0 bridgehead atoms. The molecule has 3 heterocycles. The Hall–Kier alpha value is -3.10. The van der Waals surface area contributed by atoms with Gasteiger partial charge in [-0.05, 0) is 23.8 Å². The van der Waals surface area contributed by atoms with Gasteiger partial charge in [0, 0.05) is 25.1 Å². The summed E-state index contributed by atoms with van der Waals surface area (Å²) in [6.45, 7) is 0.664. The van der Waals surface area contributed by atoms with E-state index in [1.807, 2.05) is 4.90 Å². The fourth-order valence-electron chi connectivity index (χ4n) is 3.39. The smallest absolute Gasteiger partial charge is 0.311 e. The molecule has 0 amide bonds. The summed E-state index contributed by atoms with van der Waals surface area (Å²) in [7, 11) is 1.30. The van der Waals surface area contributed by atoms with Crippen molar-refractivity contribution in [2.75, 3.05) is 25.1 Å². The fourth-order valence-corrected chi connectivity index (χ4v) is 3.39. The molecule has 1 aliphatic heterocycles. The summed E-state index contributed by atoms with van der Waals surface area (Å²) in [5, 5.41) is 12.1. The summed E-state index contributed by atoms with van der Waals surface area (Å²) in [5.74, 6) is -2.22. The lowest BCUT2D eigenvalue weighted by Crippen LogP contribution is -2.25. The van der Waals surface area contributed by atoms with E-state index < -0.39 is 29.4 Å². The maximum absolute atomic E-state index is 14.3. The summed E-state index contributed by atoms with van der Waals surface area (Å²) in [6.07, 6.45) is 1.48. The molecule has 0 aliphatic carbocycles. The van der Waals surface area contributed by atoms with E-state index in [4.69, 9.17) is 4.74 Å². The Bertz CT molecular complexity index is 977. The highest BCUT2D eigenvalue weighted by molar-refractivity contribution is 5.76. The van der Waals surface area contributed by atoms with Crippen molar-refractivity contribution in [1.82, 2.24) is 19.8 Å². The maximum atomic E-state index is 14.3. The van der Waals surface area contributed by atoms with Gasteiger partial charge < -0.3 is 9.64 Å². The van der Waals surface area contributed by atoms with Gasteiger partial charge in [0.05, 0.1) is 13.0 Å². The van der Waals surface area contributed by atoms with Crippen molar-refractivity contribution >= 4 is 17.4 Å². The van der Waals surface area contributed by atoms with Crippen molar-refractivity contribution in [1.29, 1.82) is 0 Å². The standard InChI is InChI=1S/C17H15F2N5O2/c1-26-17(25)13-8-23(16-5-4-15-21-20-9-24(15)22-16)7-12(13)11-3-2-10(18)6-14(11)19/h2-6,9,12-13H,7-8H2,1H3/t12-,13-/m1/s1. The first-order chi connectivity index (χ1) is 12.6. The van der Waals surface area contributed by atoms with Crippen LogP contribution in [0.5, 0.6) is 0 Å². The van der Waals surface area contributed by atoms with Gasteiger partial charge in [0.2, 0.25) is 0 Å². The van der Waals surface area contributed by atoms with Crippen molar-refractivity contribution in [2.24, 2.45) is 5.92 Å². The number of rotatable bonds is 3.